The Morgan fingerprint density at radius 2 is 2.00 bits per heavy atom. The number of rotatable bonds is 1. The molecule has 78 valence electrons. The number of hydrogen-bond acceptors (Lipinski definition) is 3. The Kier molecular flexibility index (Phi) is 2.42. The zero-order valence-corrected chi connectivity index (χ0v) is 8.38. The van der Waals surface area contributed by atoms with E-state index in [1.165, 1.54) is 19.1 Å². The van der Waals surface area contributed by atoms with E-state index in [1.807, 2.05) is 18.2 Å². The largest absolute Gasteiger partial charge is 0.362 e. The second kappa shape index (κ2) is 3.61. The lowest BCUT2D eigenvalue weighted by molar-refractivity contribution is -0.194. The van der Waals surface area contributed by atoms with Crippen LogP contribution < -0.4 is 0 Å². The summed E-state index contributed by atoms with van der Waals surface area (Å²) in [5, 5.41) is 9.66. The highest BCUT2D eigenvalue weighted by Gasteiger charge is 2.32. The minimum Gasteiger partial charge on any atom is -0.362 e. The van der Waals surface area contributed by atoms with Gasteiger partial charge in [0.1, 0.15) is 6.10 Å². The Bertz CT molecular complexity index is 393. The fourth-order valence-corrected chi connectivity index (χ4v) is 1.52. The third-order valence-electron chi connectivity index (χ3n) is 2.27. The quantitative estimate of drug-likeness (QED) is 0.755. The lowest BCUT2D eigenvalue weighted by atomic mass is 10.0. The summed E-state index contributed by atoms with van der Waals surface area (Å²) in [7, 11) is 0. The molecule has 3 heteroatoms. The van der Waals surface area contributed by atoms with Gasteiger partial charge >= 0.3 is 0 Å². The number of ether oxygens (including phenoxy) is 1. The van der Waals surface area contributed by atoms with E-state index >= 15 is 0 Å². The van der Waals surface area contributed by atoms with E-state index in [4.69, 9.17) is 4.74 Å². The molecule has 2 rings (SSSR count). The lowest BCUT2D eigenvalue weighted by Gasteiger charge is -2.29. The molecule has 0 aliphatic carbocycles. The molecule has 15 heavy (non-hydrogen) atoms. The van der Waals surface area contributed by atoms with Crippen molar-refractivity contribution in [2.75, 3.05) is 0 Å². The lowest BCUT2D eigenvalue weighted by Crippen LogP contribution is -2.34. The van der Waals surface area contributed by atoms with Crippen molar-refractivity contribution in [3.05, 3.63) is 48.0 Å². The summed E-state index contributed by atoms with van der Waals surface area (Å²) in [5.41, 5.74) is 0.757. The number of benzene rings is 1. The Labute approximate surface area is 88.0 Å². The van der Waals surface area contributed by atoms with Crippen LogP contribution in [0.5, 0.6) is 0 Å². The zero-order chi connectivity index (χ0) is 10.9. The molecule has 0 aromatic heterocycles. The van der Waals surface area contributed by atoms with Crippen LogP contribution in [-0.2, 0) is 9.53 Å². The van der Waals surface area contributed by atoms with Gasteiger partial charge in [0.05, 0.1) is 0 Å². The summed E-state index contributed by atoms with van der Waals surface area (Å²) in [4.78, 5) is 11.6. The molecule has 1 aliphatic rings. The predicted molar refractivity (Wildman–Crippen MR) is 55.0 cm³/mol. The molecular formula is C12H12O3. The van der Waals surface area contributed by atoms with E-state index in [0.717, 1.165) is 5.56 Å². The van der Waals surface area contributed by atoms with Gasteiger partial charge in [-0.1, -0.05) is 30.3 Å². The summed E-state index contributed by atoms with van der Waals surface area (Å²) in [6, 6.07) is 9.14. The first kappa shape index (κ1) is 10.1. The zero-order valence-electron chi connectivity index (χ0n) is 8.38. The average Bonchev–Trinajstić information content (AvgIpc) is 2.23. The Hall–Kier alpha value is -1.45. The van der Waals surface area contributed by atoms with Crippen LogP contribution in [0.25, 0.3) is 0 Å². The maximum Gasteiger partial charge on any atom is 0.188 e. The van der Waals surface area contributed by atoms with Crippen LogP contribution in [0.1, 0.15) is 18.6 Å². The van der Waals surface area contributed by atoms with Crippen molar-refractivity contribution < 1.29 is 14.6 Å². The summed E-state index contributed by atoms with van der Waals surface area (Å²) in [6.07, 6.45) is 2.02. The second-order valence-electron chi connectivity index (χ2n) is 3.70. The Balaban J connectivity index is 2.31. The van der Waals surface area contributed by atoms with Crippen LogP contribution in [0.3, 0.4) is 0 Å². The first-order valence-corrected chi connectivity index (χ1v) is 4.77. The third-order valence-corrected chi connectivity index (χ3v) is 2.27. The van der Waals surface area contributed by atoms with Crippen molar-refractivity contribution in [3.63, 3.8) is 0 Å². The van der Waals surface area contributed by atoms with Crippen molar-refractivity contribution in [2.45, 2.75) is 18.8 Å². The molecule has 2 unspecified atom stereocenters. The summed E-state index contributed by atoms with van der Waals surface area (Å²) >= 11 is 0. The molecule has 1 N–H and O–H groups in total. The van der Waals surface area contributed by atoms with Gasteiger partial charge in [-0.05, 0) is 24.6 Å². The highest BCUT2D eigenvalue weighted by molar-refractivity contribution is 5.95. The van der Waals surface area contributed by atoms with Gasteiger partial charge in [0.25, 0.3) is 0 Å². The molecule has 0 radical (unpaired) electrons. The minimum absolute atomic E-state index is 0.146. The third kappa shape index (κ3) is 2.14. The van der Waals surface area contributed by atoms with E-state index in [-0.39, 0.29) is 5.78 Å². The Morgan fingerprint density at radius 1 is 1.33 bits per heavy atom. The van der Waals surface area contributed by atoms with Crippen LogP contribution in [0, 0.1) is 0 Å². The highest BCUT2D eigenvalue weighted by Crippen LogP contribution is 2.28. The SMILES string of the molecule is CC1(O)C=CC(=O)C(c2ccccc2)O1. The fraction of sp³-hybridized carbons (Fsp3) is 0.250. The molecule has 1 aromatic rings. The van der Waals surface area contributed by atoms with Gasteiger partial charge < -0.3 is 9.84 Å². The number of aliphatic hydroxyl groups is 1. The smallest absolute Gasteiger partial charge is 0.188 e. The number of ketones is 1. The molecule has 2 atom stereocenters. The molecule has 3 nitrogen and oxygen atoms in total. The van der Waals surface area contributed by atoms with Gasteiger partial charge in [-0.25, -0.2) is 0 Å². The molecule has 0 fully saturated rings. The number of hydrogen-bond donors (Lipinski definition) is 1. The monoisotopic (exact) mass is 204 g/mol. The first-order chi connectivity index (χ1) is 7.08. The Morgan fingerprint density at radius 3 is 2.67 bits per heavy atom. The van der Waals surface area contributed by atoms with Crippen molar-refractivity contribution in [1.82, 2.24) is 0 Å². The molecule has 0 spiro atoms. The molecule has 0 saturated heterocycles. The number of carbonyl (C=O) groups excluding carboxylic acids is 1. The van der Waals surface area contributed by atoms with Crippen LogP contribution in [0.15, 0.2) is 42.5 Å². The standard InChI is InChI=1S/C12H12O3/c1-12(14)8-7-10(13)11(15-12)9-5-3-2-4-6-9/h2-8,11,14H,1H3. The van der Waals surface area contributed by atoms with Gasteiger partial charge in [0, 0.05) is 0 Å². The molecule has 1 aliphatic heterocycles. The van der Waals surface area contributed by atoms with Crippen LogP contribution in [0.2, 0.25) is 0 Å². The minimum atomic E-state index is -1.37. The van der Waals surface area contributed by atoms with E-state index in [0.29, 0.717) is 0 Å². The maximum atomic E-state index is 11.6. The van der Waals surface area contributed by atoms with Gasteiger partial charge in [0.15, 0.2) is 11.6 Å². The van der Waals surface area contributed by atoms with Crippen LogP contribution >= 0.6 is 0 Å². The van der Waals surface area contributed by atoms with E-state index in [2.05, 4.69) is 0 Å². The van der Waals surface area contributed by atoms with Crippen LogP contribution in [-0.4, -0.2) is 16.7 Å². The molecule has 0 saturated carbocycles. The van der Waals surface area contributed by atoms with E-state index in [1.54, 1.807) is 12.1 Å². The maximum absolute atomic E-state index is 11.6. The highest BCUT2D eigenvalue weighted by atomic mass is 16.6. The van der Waals surface area contributed by atoms with Gasteiger partial charge in [-0.3, -0.25) is 4.79 Å². The molecule has 0 bridgehead atoms. The first-order valence-electron chi connectivity index (χ1n) is 4.77. The summed E-state index contributed by atoms with van der Waals surface area (Å²) in [5.74, 6) is -1.51. The molecule has 0 amide bonds. The summed E-state index contributed by atoms with van der Waals surface area (Å²) in [6.45, 7) is 1.51. The van der Waals surface area contributed by atoms with Crippen molar-refractivity contribution in [3.8, 4) is 0 Å². The van der Waals surface area contributed by atoms with Crippen molar-refractivity contribution >= 4 is 5.78 Å². The van der Waals surface area contributed by atoms with Crippen molar-refractivity contribution in [2.24, 2.45) is 0 Å². The normalized spacial score (nSPS) is 30.5. The summed E-state index contributed by atoms with van der Waals surface area (Å²) < 4.78 is 5.29. The van der Waals surface area contributed by atoms with Gasteiger partial charge in [-0.2, -0.15) is 0 Å². The van der Waals surface area contributed by atoms with Crippen LogP contribution in [0.4, 0.5) is 0 Å². The van der Waals surface area contributed by atoms with E-state index in [9.17, 15) is 9.90 Å². The van der Waals surface area contributed by atoms with Crippen molar-refractivity contribution in [1.29, 1.82) is 0 Å². The molecular weight excluding hydrogens is 192 g/mol. The average molecular weight is 204 g/mol. The van der Waals surface area contributed by atoms with E-state index < -0.39 is 11.9 Å². The predicted octanol–water partition coefficient (Wildman–Crippen LogP) is 1.59. The topological polar surface area (TPSA) is 46.5 Å². The fourth-order valence-electron chi connectivity index (χ4n) is 1.52. The molecule has 1 heterocycles. The number of carbonyl (C=O) groups is 1. The second-order valence-corrected chi connectivity index (χ2v) is 3.70. The molecule has 1 aromatic carbocycles. The van der Waals surface area contributed by atoms with Gasteiger partial charge in [0.2, 0.25) is 0 Å². The van der Waals surface area contributed by atoms with Gasteiger partial charge in [-0.15, -0.1) is 0 Å².